The van der Waals surface area contributed by atoms with E-state index in [9.17, 15) is 0 Å². The monoisotopic (exact) mass is 239 g/mol. The number of anilines is 1. The smallest absolute Gasteiger partial charge is 0.186 e. The SMILES string of the molecule is CCNCC1CCCN1c1nc(C)c(C)s1. The number of likely N-dealkylation sites (N-methyl/N-ethyl adjacent to an activating group) is 1. The first-order valence-corrected chi connectivity index (χ1v) is 6.95. The number of hydrogen-bond donors (Lipinski definition) is 1. The van der Waals surface area contributed by atoms with Gasteiger partial charge in [0, 0.05) is 24.0 Å². The molecule has 1 aliphatic rings. The molecule has 1 saturated heterocycles. The molecule has 1 fully saturated rings. The molecule has 0 aromatic carbocycles. The molecule has 2 rings (SSSR count). The zero-order chi connectivity index (χ0) is 11.5. The van der Waals surface area contributed by atoms with Crippen molar-refractivity contribution < 1.29 is 0 Å². The van der Waals surface area contributed by atoms with Crippen LogP contribution in [0, 0.1) is 13.8 Å². The van der Waals surface area contributed by atoms with Gasteiger partial charge in [0.2, 0.25) is 0 Å². The van der Waals surface area contributed by atoms with Crippen molar-refractivity contribution in [1.29, 1.82) is 0 Å². The van der Waals surface area contributed by atoms with Crippen LogP contribution in [0.4, 0.5) is 5.13 Å². The van der Waals surface area contributed by atoms with Gasteiger partial charge in [-0.05, 0) is 33.2 Å². The fourth-order valence-electron chi connectivity index (χ4n) is 2.19. The third-order valence-electron chi connectivity index (χ3n) is 3.27. The van der Waals surface area contributed by atoms with Crippen LogP contribution in [0.2, 0.25) is 0 Å². The zero-order valence-electron chi connectivity index (χ0n) is 10.4. The van der Waals surface area contributed by atoms with Crippen LogP contribution in [0.1, 0.15) is 30.3 Å². The highest BCUT2D eigenvalue weighted by molar-refractivity contribution is 7.15. The molecule has 0 amide bonds. The Morgan fingerprint density at radius 2 is 2.31 bits per heavy atom. The van der Waals surface area contributed by atoms with Gasteiger partial charge >= 0.3 is 0 Å². The number of thiazole rings is 1. The van der Waals surface area contributed by atoms with Crippen LogP contribution in [-0.2, 0) is 0 Å². The first-order valence-electron chi connectivity index (χ1n) is 6.13. The van der Waals surface area contributed by atoms with Crippen molar-refractivity contribution in [3.05, 3.63) is 10.6 Å². The zero-order valence-corrected chi connectivity index (χ0v) is 11.2. The summed E-state index contributed by atoms with van der Waals surface area (Å²) in [5.74, 6) is 0. The molecule has 2 heterocycles. The van der Waals surface area contributed by atoms with E-state index in [0.29, 0.717) is 6.04 Å². The maximum Gasteiger partial charge on any atom is 0.186 e. The van der Waals surface area contributed by atoms with Crippen molar-refractivity contribution in [2.75, 3.05) is 24.5 Å². The second-order valence-corrected chi connectivity index (χ2v) is 5.62. The molecule has 1 aromatic heterocycles. The molecule has 0 spiro atoms. The molecule has 1 aromatic rings. The summed E-state index contributed by atoms with van der Waals surface area (Å²) in [4.78, 5) is 8.50. The van der Waals surface area contributed by atoms with Crippen LogP contribution < -0.4 is 10.2 Å². The number of nitrogens with zero attached hydrogens (tertiary/aromatic N) is 2. The largest absolute Gasteiger partial charge is 0.344 e. The molecule has 0 bridgehead atoms. The molecule has 4 heteroatoms. The maximum atomic E-state index is 4.67. The van der Waals surface area contributed by atoms with Crippen molar-refractivity contribution >= 4 is 16.5 Å². The van der Waals surface area contributed by atoms with E-state index in [1.54, 1.807) is 0 Å². The van der Waals surface area contributed by atoms with Crippen molar-refractivity contribution in [3.8, 4) is 0 Å². The minimum absolute atomic E-state index is 0.643. The molecule has 1 N–H and O–H groups in total. The van der Waals surface area contributed by atoms with Gasteiger partial charge in [-0.2, -0.15) is 0 Å². The number of hydrogen-bond acceptors (Lipinski definition) is 4. The van der Waals surface area contributed by atoms with E-state index < -0.39 is 0 Å². The second-order valence-electron chi connectivity index (χ2n) is 4.44. The van der Waals surface area contributed by atoms with Crippen molar-refractivity contribution in [3.63, 3.8) is 0 Å². The van der Waals surface area contributed by atoms with Crippen LogP contribution >= 0.6 is 11.3 Å². The van der Waals surface area contributed by atoms with E-state index >= 15 is 0 Å². The second kappa shape index (κ2) is 5.15. The molecule has 3 nitrogen and oxygen atoms in total. The van der Waals surface area contributed by atoms with Gasteiger partial charge in [-0.1, -0.05) is 6.92 Å². The first kappa shape index (κ1) is 11.9. The maximum absolute atomic E-state index is 4.67. The highest BCUT2D eigenvalue weighted by Crippen LogP contribution is 2.30. The predicted molar refractivity (Wildman–Crippen MR) is 70.5 cm³/mol. The predicted octanol–water partition coefficient (Wildman–Crippen LogP) is 2.34. The minimum Gasteiger partial charge on any atom is -0.344 e. The summed E-state index contributed by atoms with van der Waals surface area (Å²) in [6.07, 6.45) is 2.60. The van der Waals surface area contributed by atoms with Gasteiger partial charge in [0.15, 0.2) is 5.13 Å². The summed E-state index contributed by atoms with van der Waals surface area (Å²) in [5, 5.41) is 4.66. The quantitative estimate of drug-likeness (QED) is 0.874. The fourth-order valence-corrected chi connectivity index (χ4v) is 3.20. The molecule has 1 atom stereocenters. The van der Waals surface area contributed by atoms with E-state index in [-0.39, 0.29) is 0 Å². The van der Waals surface area contributed by atoms with Crippen LogP contribution in [0.3, 0.4) is 0 Å². The van der Waals surface area contributed by atoms with Crippen molar-refractivity contribution in [2.45, 2.75) is 39.7 Å². The van der Waals surface area contributed by atoms with Crippen molar-refractivity contribution in [2.24, 2.45) is 0 Å². The van der Waals surface area contributed by atoms with Gasteiger partial charge in [0.25, 0.3) is 0 Å². The van der Waals surface area contributed by atoms with Gasteiger partial charge in [-0.25, -0.2) is 4.98 Å². The molecule has 1 unspecified atom stereocenters. The lowest BCUT2D eigenvalue weighted by Crippen LogP contribution is -2.37. The Kier molecular flexibility index (Phi) is 3.82. The number of nitrogens with one attached hydrogen (secondary N) is 1. The highest BCUT2D eigenvalue weighted by Gasteiger charge is 2.26. The fraction of sp³-hybridized carbons (Fsp3) is 0.750. The summed E-state index contributed by atoms with van der Waals surface area (Å²) >= 11 is 1.84. The molecule has 0 radical (unpaired) electrons. The molecule has 90 valence electrons. The summed E-state index contributed by atoms with van der Waals surface area (Å²) in [6, 6.07) is 0.643. The van der Waals surface area contributed by atoms with Crippen LogP contribution in [-0.4, -0.2) is 30.7 Å². The topological polar surface area (TPSA) is 28.2 Å². The lowest BCUT2D eigenvalue weighted by atomic mass is 10.2. The van der Waals surface area contributed by atoms with Crippen molar-refractivity contribution in [1.82, 2.24) is 10.3 Å². The summed E-state index contributed by atoms with van der Waals surface area (Å²) in [5.41, 5.74) is 1.19. The Morgan fingerprint density at radius 3 is 2.94 bits per heavy atom. The molecule has 1 aliphatic heterocycles. The van der Waals surface area contributed by atoms with E-state index in [1.165, 1.54) is 35.1 Å². The highest BCUT2D eigenvalue weighted by atomic mass is 32.1. The molecular weight excluding hydrogens is 218 g/mol. The Hall–Kier alpha value is -0.610. The van der Waals surface area contributed by atoms with Gasteiger partial charge in [-0.3, -0.25) is 0 Å². The Morgan fingerprint density at radius 1 is 1.50 bits per heavy atom. The van der Waals surface area contributed by atoms with Crippen LogP contribution in [0.15, 0.2) is 0 Å². The average Bonchev–Trinajstić information content (AvgIpc) is 2.83. The van der Waals surface area contributed by atoms with Crippen LogP contribution in [0.25, 0.3) is 0 Å². The molecule has 16 heavy (non-hydrogen) atoms. The first-order chi connectivity index (χ1) is 7.72. The summed E-state index contributed by atoms with van der Waals surface area (Å²) < 4.78 is 0. The van der Waals surface area contributed by atoms with E-state index in [0.717, 1.165) is 13.1 Å². The summed E-state index contributed by atoms with van der Waals surface area (Å²) in [7, 11) is 0. The Balaban J connectivity index is 2.07. The average molecular weight is 239 g/mol. The van der Waals surface area contributed by atoms with Gasteiger partial charge in [0.05, 0.1) is 5.69 Å². The lowest BCUT2D eigenvalue weighted by molar-refractivity contribution is 0.587. The minimum atomic E-state index is 0.643. The number of aryl methyl sites for hydroxylation is 2. The van der Waals surface area contributed by atoms with Gasteiger partial charge in [0.1, 0.15) is 0 Å². The molecule has 0 saturated carbocycles. The molecular formula is C12H21N3S. The Labute approximate surface area is 102 Å². The normalized spacial score (nSPS) is 20.7. The van der Waals surface area contributed by atoms with Gasteiger partial charge < -0.3 is 10.2 Å². The third-order valence-corrected chi connectivity index (χ3v) is 4.38. The third kappa shape index (κ3) is 2.38. The van der Waals surface area contributed by atoms with Crippen LogP contribution in [0.5, 0.6) is 0 Å². The summed E-state index contributed by atoms with van der Waals surface area (Å²) in [6.45, 7) is 9.74. The van der Waals surface area contributed by atoms with E-state index in [4.69, 9.17) is 0 Å². The molecule has 0 aliphatic carbocycles. The Bertz CT molecular complexity index is 329. The van der Waals surface area contributed by atoms with Gasteiger partial charge in [-0.15, -0.1) is 11.3 Å². The van der Waals surface area contributed by atoms with E-state index in [2.05, 4.69) is 36.0 Å². The van der Waals surface area contributed by atoms with E-state index in [1.807, 2.05) is 11.3 Å². The standard InChI is InChI=1S/C12H21N3S/c1-4-13-8-11-6-5-7-15(11)12-14-9(2)10(3)16-12/h11,13H,4-8H2,1-3H3. The lowest BCUT2D eigenvalue weighted by Gasteiger charge is -2.24. The number of rotatable bonds is 4. The number of aromatic nitrogens is 1.